The highest BCUT2D eigenvalue weighted by Gasteiger charge is 2.01. The van der Waals surface area contributed by atoms with Crippen LogP contribution in [0.3, 0.4) is 0 Å². The van der Waals surface area contributed by atoms with E-state index in [0.717, 1.165) is 16.5 Å². The number of aliphatic hydroxyl groups excluding tert-OH is 1. The summed E-state index contributed by atoms with van der Waals surface area (Å²) in [5.41, 5.74) is 7.02. The smallest absolute Gasteiger partial charge is 0.0446 e. The highest BCUT2D eigenvalue weighted by atomic mass is 35.5. The second-order valence-electron chi connectivity index (χ2n) is 3.41. The van der Waals surface area contributed by atoms with Crippen LogP contribution in [0.2, 0.25) is 5.02 Å². The van der Waals surface area contributed by atoms with E-state index in [-0.39, 0.29) is 12.6 Å². The maximum absolute atomic E-state index is 8.68. The number of rotatable bonds is 6. The summed E-state index contributed by atoms with van der Waals surface area (Å²) in [7, 11) is 0. The topological polar surface area (TPSA) is 46.2 Å². The minimum absolute atomic E-state index is 0.0901. The van der Waals surface area contributed by atoms with Crippen LogP contribution in [0.1, 0.15) is 12.0 Å². The lowest BCUT2D eigenvalue weighted by molar-refractivity contribution is 0.279. The molecule has 0 amide bonds. The van der Waals surface area contributed by atoms with Crippen molar-refractivity contribution in [3.05, 3.63) is 34.9 Å². The number of nitrogens with two attached hydrogens (primary N) is 1. The van der Waals surface area contributed by atoms with Gasteiger partial charge >= 0.3 is 0 Å². The molecule has 3 N–H and O–H groups in total. The fourth-order valence-corrected chi connectivity index (χ4v) is 2.30. The van der Waals surface area contributed by atoms with Gasteiger partial charge in [0.2, 0.25) is 0 Å². The maximum atomic E-state index is 8.68. The molecule has 1 aromatic rings. The Kier molecular flexibility index (Phi) is 6.10. The zero-order valence-electron chi connectivity index (χ0n) is 8.53. The van der Waals surface area contributed by atoms with Crippen molar-refractivity contribution in [3.63, 3.8) is 0 Å². The Morgan fingerprint density at radius 1 is 1.33 bits per heavy atom. The average molecular weight is 246 g/mol. The van der Waals surface area contributed by atoms with Gasteiger partial charge in [0.1, 0.15) is 0 Å². The van der Waals surface area contributed by atoms with Gasteiger partial charge in [0.15, 0.2) is 0 Å². The minimum Gasteiger partial charge on any atom is -0.396 e. The summed E-state index contributed by atoms with van der Waals surface area (Å²) in [6.07, 6.45) is 0.674. The number of hydrogen-bond acceptors (Lipinski definition) is 3. The van der Waals surface area contributed by atoms with Gasteiger partial charge in [-0.15, -0.1) is 0 Å². The Labute approximate surface area is 99.8 Å². The third-order valence-corrected chi connectivity index (χ3v) is 3.47. The third kappa shape index (κ3) is 5.42. The molecule has 0 spiro atoms. The van der Waals surface area contributed by atoms with Crippen molar-refractivity contribution in [2.45, 2.75) is 18.2 Å². The second-order valence-corrected chi connectivity index (χ2v) is 4.88. The Morgan fingerprint density at radius 2 is 2.00 bits per heavy atom. The summed E-state index contributed by atoms with van der Waals surface area (Å²) in [4.78, 5) is 0. The fraction of sp³-hybridized carbons (Fsp3) is 0.455. The standard InChI is InChI=1S/C11H16ClNOS/c12-10-3-1-9(2-4-10)7-15-8-11(13)5-6-14/h1-4,11,14H,5-8,13H2. The molecule has 4 heteroatoms. The molecule has 0 radical (unpaired) electrons. The van der Waals surface area contributed by atoms with Gasteiger partial charge in [-0.25, -0.2) is 0 Å². The van der Waals surface area contributed by atoms with E-state index in [1.165, 1.54) is 5.56 Å². The molecule has 0 aromatic heterocycles. The van der Waals surface area contributed by atoms with Crippen LogP contribution >= 0.6 is 23.4 Å². The van der Waals surface area contributed by atoms with Crippen LogP contribution < -0.4 is 5.73 Å². The van der Waals surface area contributed by atoms with Crippen molar-refractivity contribution < 1.29 is 5.11 Å². The monoisotopic (exact) mass is 245 g/mol. The van der Waals surface area contributed by atoms with Gasteiger partial charge in [-0.1, -0.05) is 23.7 Å². The summed E-state index contributed by atoms with van der Waals surface area (Å²) >= 11 is 7.56. The molecule has 1 unspecified atom stereocenters. The van der Waals surface area contributed by atoms with E-state index < -0.39 is 0 Å². The van der Waals surface area contributed by atoms with E-state index >= 15 is 0 Å². The first-order chi connectivity index (χ1) is 7.22. The van der Waals surface area contributed by atoms with Crippen LogP contribution in [0, 0.1) is 0 Å². The van der Waals surface area contributed by atoms with E-state index in [9.17, 15) is 0 Å². The Balaban J connectivity index is 2.22. The molecule has 15 heavy (non-hydrogen) atoms. The molecular formula is C11H16ClNOS. The van der Waals surface area contributed by atoms with Crippen LogP contribution in [0.15, 0.2) is 24.3 Å². The number of aliphatic hydroxyl groups is 1. The Hall–Kier alpha value is -0.220. The summed E-state index contributed by atoms with van der Waals surface area (Å²) in [5, 5.41) is 9.44. The number of benzene rings is 1. The molecule has 1 aromatic carbocycles. The number of hydrogen-bond donors (Lipinski definition) is 2. The Morgan fingerprint density at radius 3 is 2.60 bits per heavy atom. The van der Waals surface area contributed by atoms with Gasteiger partial charge in [0, 0.05) is 29.2 Å². The highest BCUT2D eigenvalue weighted by Crippen LogP contribution is 2.16. The molecule has 0 saturated heterocycles. The van der Waals surface area contributed by atoms with Crippen LogP contribution in [-0.4, -0.2) is 23.5 Å². The van der Waals surface area contributed by atoms with E-state index in [4.69, 9.17) is 22.4 Å². The molecular weight excluding hydrogens is 230 g/mol. The van der Waals surface area contributed by atoms with E-state index in [1.807, 2.05) is 24.3 Å². The molecule has 0 heterocycles. The van der Waals surface area contributed by atoms with Crippen molar-refractivity contribution in [2.75, 3.05) is 12.4 Å². The van der Waals surface area contributed by atoms with E-state index in [2.05, 4.69) is 0 Å². The lowest BCUT2D eigenvalue weighted by Gasteiger charge is -2.09. The number of thioether (sulfide) groups is 1. The first-order valence-electron chi connectivity index (χ1n) is 4.91. The lowest BCUT2D eigenvalue weighted by Crippen LogP contribution is -2.24. The SMILES string of the molecule is NC(CCO)CSCc1ccc(Cl)cc1. The summed E-state index contributed by atoms with van der Waals surface area (Å²) < 4.78 is 0. The van der Waals surface area contributed by atoms with Gasteiger partial charge in [-0.05, 0) is 24.1 Å². The maximum Gasteiger partial charge on any atom is 0.0446 e. The van der Waals surface area contributed by atoms with Gasteiger partial charge in [0.25, 0.3) is 0 Å². The van der Waals surface area contributed by atoms with Crippen LogP contribution in [0.4, 0.5) is 0 Å². The zero-order chi connectivity index (χ0) is 11.1. The third-order valence-electron chi connectivity index (χ3n) is 2.01. The van der Waals surface area contributed by atoms with E-state index in [0.29, 0.717) is 6.42 Å². The van der Waals surface area contributed by atoms with Crippen molar-refractivity contribution >= 4 is 23.4 Å². The van der Waals surface area contributed by atoms with E-state index in [1.54, 1.807) is 11.8 Å². The largest absolute Gasteiger partial charge is 0.396 e. The average Bonchev–Trinajstić information content (AvgIpc) is 2.21. The first kappa shape index (κ1) is 12.8. The zero-order valence-corrected chi connectivity index (χ0v) is 10.1. The van der Waals surface area contributed by atoms with Gasteiger partial charge in [-0.3, -0.25) is 0 Å². The predicted octanol–water partition coefficient (Wildman–Crippen LogP) is 2.28. The van der Waals surface area contributed by atoms with Crippen molar-refractivity contribution in [1.29, 1.82) is 0 Å². The molecule has 2 nitrogen and oxygen atoms in total. The molecule has 0 aliphatic carbocycles. The fourth-order valence-electron chi connectivity index (χ4n) is 1.16. The summed E-state index contributed by atoms with van der Waals surface area (Å²) in [6.45, 7) is 0.169. The molecule has 84 valence electrons. The summed E-state index contributed by atoms with van der Waals surface area (Å²) in [5.74, 6) is 1.82. The molecule has 0 saturated carbocycles. The number of halogens is 1. The minimum atomic E-state index is 0.0901. The molecule has 0 aliphatic rings. The highest BCUT2D eigenvalue weighted by molar-refractivity contribution is 7.98. The van der Waals surface area contributed by atoms with Gasteiger partial charge in [0.05, 0.1) is 0 Å². The molecule has 1 atom stereocenters. The van der Waals surface area contributed by atoms with Gasteiger partial charge < -0.3 is 10.8 Å². The molecule has 0 aliphatic heterocycles. The van der Waals surface area contributed by atoms with Crippen LogP contribution in [0.25, 0.3) is 0 Å². The molecule has 0 bridgehead atoms. The van der Waals surface area contributed by atoms with Crippen molar-refractivity contribution in [1.82, 2.24) is 0 Å². The molecule has 0 fully saturated rings. The predicted molar refractivity (Wildman–Crippen MR) is 67.3 cm³/mol. The Bertz CT molecular complexity index is 278. The quantitative estimate of drug-likeness (QED) is 0.809. The van der Waals surface area contributed by atoms with Crippen LogP contribution in [-0.2, 0) is 5.75 Å². The van der Waals surface area contributed by atoms with Crippen molar-refractivity contribution in [3.8, 4) is 0 Å². The van der Waals surface area contributed by atoms with Crippen LogP contribution in [0.5, 0.6) is 0 Å². The van der Waals surface area contributed by atoms with Gasteiger partial charge in [-0.2, -0.15) is 11.8 Å². The first-order valence-corrected chi connectivity index (χ1v) is 6.44. The van der Waals surface area contributed by atoms with Crippen molar-refractivity contribution in [2.24, 2.45) is 5.73 Å². The molecule has 1 rings (SSSR count). The summed E-state index contributed by atoms with van der Waals surface area (Å²) in [6, 6.07) is 7.92. The normalized spacial score (nSPS) is 12.7. The lowest BCUT2D eigenvalue weighted by atomic mass is 10.2. The second kappa shape index (κ2) is 7.12.